The third-order valence-corrected chi connectivity index (χ3v) is 3.65. The molecule has 0 aliphatic carbocycles. The maximum Gasteiger partial charge on any atom is 0.318 e. The second-order valence-corrected chi connectivity index (χ2v) is 5.30. The normalized spacial score (nSPS) is 24.7. The average Bonchev–Trinajstić information content (AvgIpc) is 2.96. The number of amides is 1. The van der Waals surface area contributed by atoms with Gasteiger partial charge in [-0.1, -0.05) is 12.0 Å². The van der Waals surface area contributed by atoms with Crippen LogP contribution in [0.4, 0.5) is 6.01 Å². The number of rotatable bonds is 5. The van der Waals surface area contributed by atoms with Crippen molar-refractivity contribution in [3.63, 3.8) is 0 Å². The second kappa shape index (κ2) is 5.16. The molecule has 19 heavy (non-hydrogen) atoms. The average molecular weight is 267 g/mol. The Kier molecular flexibility index (Phi) is 3.75. The van der Waals surface area contributed by atoms with E-state index in [2.05, 4.69) is 15.5 Å². The number of carbonyl (C=O) groups excluding carboxylic acids is 1. The molecule has 7 heteroatoms. The first kappa shape index (κ1) is 13.8. The highest BCUT2D eigenvalue weighted by Crippen LogP contribution is 2.32. The number of hydrogen-bond donors (Lipinski definition) is 2. The topological polar surface area (TPSA) is 97.3 Å². The number of nitrogens with zero attached hydrogens (tertiary/aromatic N) is 3. The summed E-state index contributed by atoms with van der Waals surface area (Å²) in [4.78, 5) is 13.3. The molecule has 1 saturated heterocycles. The molecule has 1 amide bonds. The molecule has 1 aromatic rings. The Balaban J connectivity index is 2.06. The largest absolute Gasteiger partial charge is 0.406 e. The smallest absolute Gasteiger partial charge is 0.318 e. The lowest BCUT2D eigenvalue weighted by atomic mass is 9.89. The van der Waals surface area contributed by atoms with E-state index in [1.165, 1.54) is 0 Å². The van der Waals surface area contributed by atoms with Gasteiger partial charge in [-0.15, -0.1) is 5.10 Å². The van der Waals surface area contributed by atoms with E-state index in [1.807, 2.05) is 25.7 Å². The monoisotopic (exact) mass is 267 g/mol. The molecule has 0 aromatic carbocycles. The van der Waals surface area contributed by atoms with Crippen molar-refractivity contribution in [1.29, 1.82) is 0 Å². The molecule has 1 fully saturated rings. The Labute approximate surface area is 112 Å². The summed E-state index contributed by atoms with van der Waals surface area (Å²) in [5.74, 6) is 0.278. The lowest BCUT2D eigenvalue weighted by Gasteiger charge is -2.19. The minimum atomic E-state index is -0.512. The van der Waals surface area contributed by atoms with Crippen LogP contribution in [0.3, 0.4) is 0 Å². The van der Waals surface area contributed by atoms with Crippen molar-refractivity contribution in [3.05, 3.63) is 5.89 Å². The van der Waals surface area contributed by atoms with Crippen molar-refractivity contribution in [2.45, 2.75) is 33.2 Å². The van der Waals surface area contributed by atoms with Crippen LogP contribution >= 0.6 is 0 Å². The zero-order valence-electron chi connectivity index (χ0n) is 11.6. The Morgan fingerprint density at radius 3 is 2.95 bits per heavy atom. The van der Waals surface area contributed by atoms with Crippen molar-refractivity contribution in [2.75, 3.05) is 24.5 Å². The highest BCUT2D eigenvalue weighted by molar-refractivity contribution is 5.81. The molecule has 2 unspecified atom stereocenters. The van der Waals surface area contributed by atoms with Crippen LogP contribution in [0.1, 0.15) is 39.1 Å². The molecule has 106 valence electrons. The molecule has 0 bridgehead atoms. The van der Waals surface area contributed by atoms with Gasteiger partial charge in [0, 0.05) is 13.1 Å². The van der Waals surface area contributed by atoms with E-state index >= 15 is 0 Å². The first-order valence-electron chi connectivity index (χ1n) is 6.58. The maximum atomic E-state index is 11.4. The van der Waals surface area contributed by atoms with Gasteiger partial charge in [0.05, 0.1) is 11.5 Å². The maximum absolute atomic E-state index is 11.4. The minimum Gasteiger partial charge on any atom is -0.406 e. The van der Waals surface area contributed by atoms with E-state index in [4.69, 9.17) is 10.2 Å². The highest BCUT2D eigenvalue weighted by atomic mass is 16.4. The van der Waals surface area contributed by atoms with E-state index in [1.54, 1.807) is 0 Å². The van der Waals surface area contributed by atoms with E-state index in [0.717, 1.165) is 6.54 Å². The van der Waals surface area contributed by atoms with Gasteiger partial charge in [-0.05, 0) is 26.8 Å². The van der Waals surface area contributed by atoms with Gasteiger partial charge in [-0.25, -0.2) is 0 Å². The zero-order chi connectivity index (χ0) is 14.0. The van der Waals surface area contributed by atoms with Gasteiger partial charge < -0.3 is 20.4 Å². The number of aromatic nitrogens is 2. The quantitative estimate of drug-likeness (QED) is 0.803. The third-order valence-electron chi connectivity index (χ3n) is 3.65. The van der Waals surface area contributed by atoms with E-state index in [-0.39, 0.29) is 11.9 Å². The van der Waals surface area contributed by atoms with Crippen LogP contribution in [-0.4, -0.2) is 35.7 Å². The first-order valence-corrected chi connectivity index (χ1v) is 6.58. The molecule has 1 aliphatic rings. The predicted octanol–water partition coefficient (Wildman–Crippen LogP) is 0.442. The van der Waals surface area contributed by atoms with Crippen LogP contribution in [0.5, 0.6) is 0 Å². The molecule has 2 rings (SSSR count). The molecular weight excluding hydrogens is 246 g/mol. The van der Waals surface area contributed by atoms with Gasteiger partial charge in [-0.2, -0.15) is 0 Å². The van der Waals surface area contributed by atoms with Gasteiger partial charge in [0.2, 0.25) is 11.8 Å². The van der Waals surface area contributed by atoms with E-state index in [0.29, 0.717) is 31.4 Å². The lowest BCUT2D eigenvalue weighted by molar-refractivity contribution is -0.125. The SMILES string of the molecule is CCNC(C)c1nnc(N2CCC(C)(C(N)=O)C2)o1. The Morgan fingerprint density at radius 1 is 1.63 bits per heavy atom. The molecule has 2 heterocycles. The van der Waals surface area contributed by atoms with Crippen molar-refractivity contribution in [1.82, 2.24) is 15.5 Å². The van der Waals surface area contributed by atoms with Gasteiger partial charge in [0.15, 0.2) is 0 Å². The first-order chi connectivity index (χ1) is 8.96. The van der Waals surface area contributed by atoms with Crippen LogP contribution in [0.25, 0.3) is 0 Å². The molecule has 0 spiro atoms. The van der Waals surface area contributed by atoms with Crippen LogP contribution in [-0.2, 0) is 4.79 Å². The number of nitrogens with one attached hydrogen (secondary N) is 1. The lowest BCUT2D eigenvalue weighted by Crippen LogP contribution is -2.37. The number of primary amides is 1. The number of hydrogen-bond acceptors (Lipinski definition) is 6. The summed E-state index contributed by atoms with van der Waals surface area (Å²) in [5, 5.41) is 11.3. The molecule has 7 nitrogen and oxygen atoms in total. The van der Waals surface area contributed by atoms with Gasteiger partial charge in [0.25, 0.3) is 0 Å². The summed E-state index contributed by atoms with van der Waals surface area (Å²) in [6, 6.07) is 0.487. The molecular formula is C12H21N5O2. The summed E-state index contributed by atoms with van der Waals surface area (Å²) < 4.78 is 5.64. The highest BCUT2D eigenvalue weighted by Gasteiger charge is 2.40. The summed E-state index contributed by atoms with van der Waals surface area (Å²) in [7, 11) is 0. The van der Waals surface area contributed by atoms with Crippen molar-refractivity contribution >= 4 is 11.9 Å². The molecule has 1 aromatic heterocycles. The van der Waals surface area contributed by atoms with Gasteiger partial charge >= 0.3 is 6.01 Å². The molecule has 3 N–H and O–H groups in total. The van der Waals surface area contributed by atoms with Crippen LogP contribution in [0, 0.1) is 5.41 Å². The molecule has 2 atom stereocenters. The van der Waals surface area contributed by atoms with E-state index in [9.17, 15) is 4.79 Å². The van der Waals surface area contributed by atoms with Crippen LogP contribution < -0.4 is 16.0 Å². The number of nitrogens with two attached hydrogens (primary N) is 1. The second-order valence-electron chi connectivity index (χ2n) is 5.30. The standard InChI is InChI=1S/C12H21N5O2/c1-4-14-8(2)9-15-16-11(19-9)17-6-5-12(3,7-17)10(13)18/h8,14H,4-7H2,1-3H3,(H2,13,18). The van der Waals surface area contributed by atoms with Crippen LogP contribution in [0.2, 0.25) is 0 Å². The molecule has 1 aliphatic heterocycles. The summed E-state index contributed by atoms with van der Waals surface area (Å²) in [6.07, 6.45) is 0.711. The number of anilines is 1. The van der Waals surface area contributed by atoms with Gasteiger partial charge in [0.1, 0.15) is 0 Å². The summed E-state index contributed by atoms with van der Waals surface area (Å²) in [6.45, 7) is 7.93. The fourth-order valence-electron chi connectivity index (χ4n) is 2.25. The Bertz CT molecular complexity index is 461. The fourth-order valence-corrected chi connectivity index (χ4v) is 2.25. The predicted molar refractivity (Wildman–Crippen MR) is 70.5 cm³/mol. The Hall–Kier alpha value is -1.63. The molecule has 0 saturated carbocycles. The fraction of sp³-hybridized carbons (Fsp3) is 0.750. The number of carbonyl (C=O) groups is 1. The van der Waals surface area contributed by atoms with E-state index < -0.39 is 5.41 Å². The Morgan fingerprint density at radius 2 is 2.37 bits per heavy atom. The van der Waals surface area contributed by atoms with Gasteiger partial charge in [-0.3, -0.25) is 4.79 Å². The third kappa shape index (κ3) is 2.70. The molecule has 0 radical (unpaired) electrons. The van der Waals surface area contributed by atoms with Crippen LogP contribution in [0.15, 0.2) is 4.42 Å². The summed E-state index contributed by atoms with van der Waals surface area (Å²) in [5.41, 5.74) is 4.91. The zero-order valence-corrected chi connectivity index (χ0v) is 11.6. The van der Waals surface area contributed by atoms with Crippen molar-refractivity contribution in [3.8, 4) is 0 Å². The van der Waals surface area contributed by atoms with Crippen molar-refractivity contribution in [2.24, 2.45) is 11.1 Å². The van der Waals surface area contributed by atoms with Crippen molar-refractivity contribution < 1.29 is 9.21 Å². The minimum absolute atomic E-state index is 0.0244. The summed E-state index contributed by atoms with van der Waals surface area (Å²) >= 11 is 0.